The summed E-state index contributed by atoms with van der Waals surface area (Å²) in [5, 5.41) is 0. The van der Waals surface area contributed by atoms with Gasteiger partial charge >= 0.3 is 5.97 Å². The van der Waals surface area contributed by atoms with Crippen molar-refractivity contribution in [3.8, 4) is 0 Å². The maximum atomic E-state index is 12.7. The van der Waals surface area contributed by atoms with E-state index < -0.39 is 0 Å². The van der Waals surface area contributed by atoms with Gasteiger partial charge in [0.2, 0.25) is 5.91 Å². The maximum absolute atomic E-state index is 12.7. The molecule has 6 heteroatoms. The van der Waals surface area contributed by atoms with Crippen molar-refractivity contribution in [1.29, 1.82) is 0 Å². The first-order valence-electron chi connectivity index (χ1n) is 8.25. The van der Waals surface area contributed by atoms with Crippen molar-refractivity contribution in [2.45, 2.75) is 64.3 Å². The zero-order chi connectivity index (χ0) is 15.3. The molecule has 0 unspecified atom stereocenters. The van der Waals surface area contributed by atoms with Crippen LogP contribution in [0.3, 0.4) is 0 Å². The third-order valence-electron chi connectivity index (χ3n) is 4.79. The Kier molecular flexibility index (Phi) is 7.63. The predicted octanol–water partition coefficient (Wildman–Crippen LogP) is 2.26. The standard InChI is InChI=1S/C16H28N2O3.ClH/c1-2-21-15(20)11-18(13-6-7-13)14(19)10-16(12-17)8-4-3-5-9-16;/h13H,2-12,17H2,1H3;1H. The lowest BCUT2D eigenvalue weighted by Gasteiger charge is -2.37. The molecule has 0 aromatic carbocycles. The number of rotatable bonds is 7. The van der Waals surface area contributed by atoms with E-state index in [1.54, 1.807) is 11.8 Å². The van der Waals surface area contributed by atoms with Crippen LogP contribution in [0.5, 0.6) is 0 Å². The van der Waals surface area contributed by atoms with Crippen molar-refractivity contribution in [2.24, 2.45) is 11.1 Å². The lowest BCUT2D eigenvalue weighted by Crippen LogP contribution is -2.43. The first-order valence-corrected chi connectivity index (χ1v) is 8.25. The van der Waals surface area contributed by atoms with Crippen LogP contribution in [0.4, 0.5) is 0 Å². The van der Waals surface area contributed by atoms with E-state index in [1.807, 2.05) is 0 Å². The zero-order valence-electron chi connectivity index (χ0n) is 13.5. The molecule has 2 N–H and O–H groups in total. The minimum Gasteiger partial charge on any atom is -0.465 e. The van der Waals surface area contributed by atoms with Crippen LogP contribution in [0, 0.1) is 5.41 Å². The summed E-state index contributed by atoms with van der Waals surface area (Å²) < 4.78 is 4.98. The molecule has 0 radical (unpaired) electrons. The van der Waals surface area contributed by atoms with Crippen LogP contribution in [-0.2, 0) is 14.3 Å². The van der Waals surface area contributed by atoms with E-state index in [0.29, 0.717) is 19.6 Å². The molecular formula is C16H29ClN2O3. The number of amides is 1. The molecule has 128 valence electrons. The monoisotopic (exact) mass is 332 g/mol. The minimum absolute atomic E-state index is 0. The molecule has 2 aliphatic carbocycles. The fraction of sp³-hybridized carbons (Fsp3) is 0.875. The van der Waals surface area contributed by atoms with Crippen molar-refractivity contribution < 1.29 is 14.3 Å². The molecule has 0 heterocycles. The van der Waals surface area contributed by atoms with E-state index >= 15 is 0 Å². The average Bonchev–Trinajstić information content (AvgIpc) is 3.30. The smallest absolute Gasteiger partial charge is 0.325 e. The Morgan fingerprint density at radius 3 is 2.36 bits per heavy atom. The molecule has 0 saturated heterocycles. The summed E-state index contributed by atoms with van der Waals surface area (Å²) in [7, 11) is 0. The number of halogens is 1. The summed E-state index contributed by atoms with van der Waals surface area (Å²) in [6.07, 6.45) is 8.12. The van der Waals surface area contributed by atoms with Gasteiger partial charge in [0, 0.05) is 12.5 Å². The maximum Gasteiger partial charge on any atom is 0.325 e. The number of ether oxygens (including phenoxy) is 1. The first-order chi connectivity index (χ1) is 10.1. The Hall–Kier alpha value is -0.810. The molecular weight excluding hydrogens is 304 g/mol. The predicted molar refractivity (Wildman–Crippen MR) is 87.8 cm³/mol. The lowest BCUT2D eigenvalue weighted by molar-refractivity contribution is -0.150. The summed E-state index contributed by atoms with van der Waals surface area (Å²) in [5.74, 6) is -0.221. The number of nitrogens with zero attached hydrogens (tertiary/aromatic N) is 1. The fourth-order valence-corrected chi connectivity index (χ4v) is 3.33. The zero-order valence-corrected chi connectivity index (χ0v) is 14.3. The molecule has 2 saturated carbocycles. The average molecular weight is 333 g/mol. The Labute approximate surface area is 139 Å². The van der Waals surface area contributed by atoms with Gasteiger partial charge < -0.3 is 15.4 Å². The second-order valence-electron chi connectivity index (χ2n) is 6.50. The second-order valence-corrected chi connectivity index (χ2v) is 6.50. The highest BCUT2D eigenvalue weighted by Crippen LogP contribution is 2.39. The van der Waals surface area contributed by atoms with Gasteiger partial charge in [-0.25, -0.2) is 0 Å². The van der Waals surface area contributed by atoms with Crippen molar-refractivity contribution >= 4 is 24.3 Å². The molecule has 0 spiro atoms. The van der Waals surface area contributed by atoms with Crippen molar-refractivity contribution in [1.82, 2.24) is 4.90 Å². The highest BCUT2D eigenvalue weighted by molar-refractivity contribution is 5.85. The lowest BCUT2D eigenvalue weighted by atomic mass is 9.71. The highest BCUT2D eigenvalue weighted by atomic mass is 35.5. The minimum atomic E-state index is -0.303. The van der Waals surface area contributed by atoms with Crippen molar-refractivity contribution in [3.05, 3.63) is 0 Å². The third kappa shape index (κ3) is 5.13. The molecule has 0 aromatic heterocycles. The first kappa shape index (κ1) is 19.2. The van der Waals surface area contributed by atoms with Crippen molar-refractivity contribution in [2.75, 3.05) is 19.7 Å². The topological polar surface area (TPSA) is 72.6 Å². The Bertz CT molecular complexity index is 380. The SMILES string of the molecule is CCOC(=O)CN(C(=O)CC1(CN)CCCCC1)C1CC1.Cl. The highest BCUT2D eigenvalue weighted by Gasteiger charge is 2.39. The van der Waals surface area contributed by atoms with Gasteiger partial charge in [-0.2, -0.15) is 0 Å². The van der Waals surface area contributed by atoms with E-state index in [4.69, 9.17) is 10.5 Å². The Morgan fingerprint density at radius 2 is 1.86 bits per heavy atom. The van der Waals surface area contributed by atoms with E-state index in [9.17, 15) is 9.59 Å². The van der Waals surface area contributed by atoms with Gasteiger partial charge in [0.15, 0.2) is 0 Å². The Morgan fingerprint density at radius 1 is 1.23 bits per heavy atom. The molecule has 2 fully saturated rings. The van der Waals surface area contributed by atoms with Crippen LogP contribution in [0.1, 0.15) is 58.3 Å². The number of esters is 1. The molecule has 0 atom stereocenters. The second kappa shape index (κ2) is 8.73. The van der Waals surface area contributed by atoms with Gasteiger partial charge in [0.05, 0.1) is 6.61 Å². The molecule has 2 rings (SSSR count). The van der Waals surface area contributed by atoms with Gasteiger partial charge in [-0.3, -0.25) is 9.59 Å². The van der Waals surface area contributed by atoms with Crippen molar-refractivity contribution in [3.63, 3.8) is 0 Å². The van der Waals surface area contributed by atoms with E-state index in [1.165, 1.54) is 6.42 Å². The third-order valence-corrected chi connectivity index (χ3v) is 4.79. The van der Waals surface area contributed by atoms with Crippen LogP contribution in [-0.4, -0.2) is 42.5 Å². The van der Waals surface area contributed by atoms with Gasteiger partial charge in [-0.1, -0.05) is 19.3 Å². The molecule has 0 bridgehead atoms. The molecule has 5 nitrogen and oxygen atoms in total. The largest absolute Gasteiger partial charge is 0.465 e. The van der Waals surface area contributed by atoms with Crippen LogP contribution >= 0.6 is 12.4 Å². The van der Waals surface area contributed by atoms with Gasteiger partial charge in [0.1, 0.15) is 6.54 Å². The van der Waals surface area contributed by atoms with Gasteiger partial charge in [0.25, 0.3) is 0 Å². The number of nitrogens with two attached hydrogens (primary N) is 1. The molecule has 22 heavy (non-hydrogen) atoms. The molecule has 1 amide bonds. The summed E-state index contributed by atoms with van der Waals surface area (Å²) >= 11 is 0. The summed E-state index contributed by atoms with van der Waals surface area (Å²) in [4.78, 5) is 26.1. The number of hydrogen-bond acceptors (Lipinski definition) is 4. The van der Waals surface area contributed by atoms with Gasteiger partial charge in [-0.15, -0.1) is 12.4 Å². The van der Waals surface area contributed by atoms with Crippen LogP contribution < -0.4 is 5.73 Å². The normalized spacial score (nSPS) is 19.9. The van der Waals surface area contributed by atoms with Crippen LogP contribution in [0.15, 0.2) is 0 Å². The van der Waals surface area contributed by atoms with Crippen LogP contribution in [0.25, 0.3) is 0 Å². The van der Waals surface area contributed by atoms with E-state index in [-0.39, 0.29) is 42.3 Å². The molecule has 0 aliphatic heterocycles. The Balaban J connectivity index is 0.00000242. The summed E-state index contributed by atoms with van der Waals surface area (Å²) in [6.45, 7) is 2.81. The molecule has 0 aromatic rings. The van der Waals surface area contributed by atoms with E-state index in [0.717, 1.165) is 38.5 Å². The quantitative estimate of drug-likeness (QED) is 0.726. The summed E-state index contributed by atoms with van der Waals surface area (Å²) in [5.41, 5.74) is 5.92. The molecule has 2 aliphatic rings. The summed E-state index contributed by atoms with van der Waals surface area (Å²) in [6, 6.07) is 0.236. The number of hydrogen-bond donors (Lipinski definition) is 1. The van der Waals surface area contributed by atoms with Crippen LogP contribution in [0.2, 0.25) is 0 Å². The number of carbonyl (C=O) groups excluding carboxylic acids is 2. The fourth-order valence-electron chi connectivity index (χ4n) is 3.33. The van der Waals surface area contributed by atoms with E-state index in [2.05, 4.69) is 0 Å². The number of carbonyl (C=O) groups is 2. The van der Waals surface area contributed by atoms with Gasteiger partial charge in [-0.05, 0) is 44.6 Å².